The van der Waals surface area contributed by atoms with Crippen molar-refractivity contribution in [3.63, 3.8) is 0 Å². The minimum atomic E-state index is -0.204. The van der Waals surface area contributed by atoms with Crippen molar-refractivity contribution in [2.75, 3.05) is 19.6 Å². The van der Waals surface area contributed by atoms with Crippen molar-refractivity contribution in [3.8, 4) is 0 Å². The molecule has 1 aliphatic heterocycles. The fourth-order valence-electron chi connectivity index (χ4n) is 2.09. The lowest BCUT2D eigenvalue weighted by molar-refractivity contribution is 0.316. The van der Waals surface area contributed by atoms with Crippen LogP contribution in [0.3, 0.4) is 0 Å². The minimum absolute atomic E-state index is 0.0706. The number of likely N-dealkylation sites (tertiary alicyclic amines) is 1. The summed E-state index contributed by atoms with van der Waals surface area (Å²) in [4.78, 5) is 2.34. The summed E-state index contributed by atoms with van der Waals surface area (Å²) in [7, 11) is 0. The summed E-state index contributed by atoms with van der Waals surface area (Å²) in [6.07, 6.45) is 2.52. The quantitative estimate of drug-likeness (QED) is 0.822. The van der Waals surface area contributed by atoms with Gasteiger partial charge in [-0.25, -0.2) is 4.39 Å². The van der Waals surface area contributed by atoms with Gasteiger partial charge in [0.2, 0.25) is 0 Å². The second-order valence-corrected chi connectivity index (χ2v) is 4.17. The maximum atomic E-state index is 13.0. The Bertz CT molecular complexity index is 321. The number of benzene rings is 1. The highest BCUT2D eigenvalue weighted by Crippen LogP contribution is 2.16. The van der Waals surface area contributed by atoms with Crippen LogP contribution in [0.1, 0.15) is 24.4 Å². The van der Waals surface area contributed by atoms with Crippen molar-refractivity contribution in [3.05, 3.63) is 35.6 Å². The molecule has 0 amide bonds. The molecule has 1 unspecified atom stereocenters. The molecular formula is C12H17FN2. The Morgan fingerprint density at radius 3 is 2.73 bits per heavy atom. The van der Waals surface area contributed by atoms with Crippen LogP contribution in [0.25, 0.3) is 0 Å². The smallest absolute Gasteiger partial charge is 0.123 e. The van der Waals surface area contributed by atoms with E-state index in [1.54, 1.807) is 6.07 Å². The lowest BCUT2D eigenvalue weighted by Gasteiger charge is -2.20. The molecule has 15 heavy (non-hydrogen) atoms. The molecule has 0 spiro atoms. The van der Waals surface area contributed by atoms with Crippen LogP contribution in [-0.4, -0.2) is 24.5 Å². The third kappa shape index (κ3) is 2.76. The summed E-state index contributed by atoms with van der Waals surface area (Å²) in [6.45, 7) is 3.09. The third-order valence-electron chi connectivity index (χ3n) is 2.93. The first kappa shape index (κ1) is 10.6. The van der Waals surface area contributed by atoms with E-state index < -0.39 is 0 Å². The Kier molecular flexibility index (Phi) is 3.34. The maximum absolute atomic E-state index is 13.0. The highest BCUT2D eigenvalue weighted by molar-refractivity contribution is 5.20. The van der Waals surface area contributed by atoms with Gasteiger partial charge in [-0.3, -0.25) is 0 Å². The van der Waals surface area contributed by atoms with Gasteiger partial charge in [0.1, 0.15) is 5.82 Å². The van der Waals surface area contributed by atoms with E-state index in [0.717, 1.165) is 25.2 Å². The molecule has 0 aromatic heterocycles. The average molecular weight is 208 g/mol. The number of hydrogen-bond acceptors (Lipinski definition) is 2. The zero-order valence-electron chi connectivity index (χ0n) is 8.82. The van der Waals surface area contributed by atoms with E-state index >= 15 is 0 Å². The van der Waals surface area contributed by atoms with Crippen LogP contribution >= 0.6 is 0 Å². The van der Waals surface area contributed by atoms with Gasteiger partial charge in [-0.05, 0) is 43.6 Å². The molecule has 1 saturated heterocycles. The number of hydrogen-bond donors (Lipinski definition) is 1. The predicted molar refractivity (Wildman–Crippen MR) is 59.0 cm³/mol. The number of rotatable bonds is 3. The van der Waals surface area contributed by atoms with Crippen LogP contribution in [0.4, 0.5) is 4.39 Å². The topological polar surface area (TPSA) is 29.3 Å². The first-order valence-electron chi connectivity index (χ1n) is 5.49. The molecule has 1 aromatic rings. The third-order valence-corrected chi connectivity index (χ3v) is 2.93. The van der Waals surface area contributed by atoms with Crippen molar-refractivity contribution < 1.29 is 4.39 Å². The predicted octanol–water partition coefficient (Wildman–Crippen LogP) is 1.92. The van der Waals surface area contributed by atoms with Crippen LogP contribution < -0.4 is 5.73 Å². The standard InChI is InChI=1S/C12H17FN2/c13-11-5-3-4-10(8-11)12(14)9-15-6-1-2-7-15/h3-5,8,12H,1-2,6-7,9,14H2. The van der Waals surface area contributed by atoms with E-state index in [1.165, 1.54) is 25.0 Å². The van der Waals surface area contributed by atoms with Crippen molar-refractivity contribution in [2.45, 2.75) is 18.9 Å². The van der Waals surface area contributed by atoms with Gasteiger partial charge in [0.25, 0.3) is 0 Å². The summed E-state index contributed by atoms with van der Waals surface area (Å²) in [5.74, 6) is -0.204. The summed E-state index contributed by atoms with van der Waals surface area (Å²) in [6, 6.07) is 6.52. The Balaban J connectivity index is 1.97. The molecule has 1 fully saturated rings. The Morgan fingerprint density at radius 2 is 2.07 bits per heavy atom. The lowest BCUT2D eigenvalue weighted by atomic mass is 10.1. The summed E-state index contributed by atoms with van der Waals surface area (Å²) in [5, 5.41) is 0. The van der Waals surface area contributed by atoms with Gasteiger partial charge in [0, 0.05) is 12.6 Å². The molecule has 0 radical (unpaired) electrons. The van der Waals surface area contributed by atoms with Crippen LogP contribution in [0, 0.1) is 5.82 Å². The minimum Gasteiger partial charge on any atom is -0.323 e. The van der Waals surface area contributed by atoms with Crippen LogP contribution in [0.15, 0.2) is 24.3 Å². The molecule has 0 bridgehead atoms. The van der Waals surface area contributed by atoms with E-state index in [0.29, 0.717) is 0 Å². The van der Waals surface area contributed by atoms with E-state index in [2.05, 4.69) is 4.90 Å². The SMILES string of the molecule is NC(CN1CCCC1)c1cccc(F)c1. The Labute approximate surface area is 89.9 Å². The molecule has 2 N–H and O–H groups in total. The van der Waals surface area contributed by atoms with Gasteiger partial charge in [0.05, 0.1) is 0 Å². The molecule has 0 saturated carbocycles. The number of nitrogens with two attached hydrogens (primary N) is 1. The molecule has 1 atom stereocenters. The molecule has 3 heteroatoms. The van der Waals surface area contributed by atoms with Crippen molar-refractivity contribution in [2.24, 2.45) is 5.73 Å². The van der Waals surface area contributed by atoms with Gasteiger partial charge in [-0.1, -0.05) is 12.1 Å². The second kappa shape index (κ2) is 4.73. The zero-order chi connectivity index (χ0) is 10.7. The van der Waals surface area contributed by atoms with Gasteiger partial charge < -0.3 is 10.6 Å². The Morgan fingerprint density at radius 1 is 1.33 bits per heavy atom. The molecule has 1 heterocycles. The molecule has 82 valence electrons. The first-order valence-corrected chi connectivity index (χ1v) is 5.49. The molecule has 2 rings (SSSR count). The van der Waals surface area contributed by atoms with Gasteiger partial charge >= 0.3 is 0 Å². The zero-order valence-corrected chi connectivity index (χ0v) is 8.82. The summed E-state index contributed by atoms with van der Waals surface area (Å²) < 4.78 is 13.0. The molecule has 0 aliphatic carbocycles. The molecule has 1 aliphatic rings. The first-order chi connectivity index (χ1) is 7.25. The maximum Gasteiger partial charge on any atom is 0.123 e. The van der Waals surface area contributed by atoms with Gasteiger partial charge in [-0.2, -0.15) is 0 Å². The van der Waals surface area contributed by atoms with Crippen LogP contribution in [0.5, 0.6) is 0 Å². The van der Waals surface area contributed by atoms with E-state index in [9.17, 15) is 4.39 Å². The number of halogens is 1. The van der Waals surface area contributed by atoms with Crippen molar-refractivity contribution >= 4 is 0 Å². The fraction of sp³-hybridized carbons (Fsp3) is 0.500. The normalized spacial score (nSPS) is 19.3. The molecule has 2 nitrogen and oxygen atoms in total. The van der Waals surface area contributed by atoms with Crippen molar-refractivity contribution in [1.29, 1.82) is 0 Å². The largest absolute Gasteiger partial charge is 0.323 e. The molecular weight excluding hydrogens is 191 g/mol. The van der Waals surface area contributed by atoms with Crippen LogP contribution in [0.2, 0.25) is 0 Å². The summed E-state index contributed by atoms with van der Waals surface area (Å²) >= 11 is 0. The van der Waals surface area contributed by atoms with Crippen molar-refractivity contribution in [1.82, 2.24) is 4.90 Å². The highest BCUT2D eigenvalue weighted by atomic mass is 19.1. The summed E-state index contributed by atoms with van der Waals surface area (Å²) in [5.41, 5.74) is 6.93. The van der Waals surface area contributed by atoms with E-state index in [-0.39, 0.29) is 11.9 Å². The Hall–Kier alpha value is -0.930. The highest BCUT2D eigenvalue weighted by Gasteiger charge is 2.16. The number of nitrogens with zero attached hydrogens (tertiary/aromatic N) is 1. The molecule has 1 aromatic carbocycles. The second-order valence-electron chi connectivity index (χ2n) is 4.17. The van der Waals surface area contributed by atoms with E-state index in [1.807, 2.05) is 6.07 Å². The monoisotopic (exact) mass is 208 g/mol. The van der Waals surface area contributed by atoms with Crippen LogP contribution in [-0.2, 0) is 0 Å². The van der Waals surface area contributed by atoms with Gasteiger partial charge in [0.15, 0.2) is 0 Å². The average Bonchev–Trinajstić information content (AvgIpc) is 2.70. The lowest BCUT2D eigenvalue weighted by Crippen LogP contribution is -2.29. The van der Waals surface area contributed by atoms with Gasteiger partial charge in [-0.15, -0.1) is 0 Å². The fourth-order valence-corrected chi connectivity index (χ4v) is 2.09. The van der Waals surface area contributed by atoms with E-state index in [4.69, 9.17) is 5.73 Å².